The molecule has 0 aliphatic carbocycles. The van der Waals surface area contributed by atoms with Gasteiger partial charge in [-0.3, -0.25) is 43.5 Å². The molecule has 97 heavy (non-hydrogen) atoms. The lowest BCUT2D eigenvalue weighted by molar-refractivity contribution is -0.372. The maximum absolute atomic E-state index is 15.2. The number of thioether (sulfide) groups is 1. The van der Waals surface area contributed by atoms with E-state index < -0.39 is 183 Å². The Morgan fingerprint density at radius 1 is 0.814 bits per heavy atom. The van der Waals surface area contributed by atoms with Crippen LogP contribution in [0.1, 0.15) is 101 Å². The molecular formula is C54H84N20O21S2. The Morgan fingerprint density at radius 3 is 2.13 bits per heavy atom. The number of aromatic nitrogens is 5. The predicted octanol–water partition coefficient (Wildman–Crippen LogP) is -9.40. The van der Waals surface area contributed by atoms with Crippen molar-refractivity contribution in [1.82, 2.24) is 56.8 Å². The van der Waals surface area contributed by atoms with Gasteiger partial charge in [0.1, 0.15) is 95.0 Å². The molecule has 0 spiro atoms. The number of hydrogen-bond acceptors (Lipinski definition) is 32. The third-order valence-corrected chi connectivity index (χ3v) is 17.5. The monoisotopic (exact) mass is 1410 g/mol. The van der Waals surface area contributed by atoms with Crippen molar-refractivity contribution < 1.29 is 103 Å². The third kappa shape index (κ3) is 21.0. The number of anilines is 1. The molecule has 3 aliphatic heterocycles. The zero-order valence-corrected chi connectivity index (χ0v) is 54.4. The highest BCUT2D eigenvalue weighted by Gasteiger charge is 2.54. The number of thiazole rings is 1. The van der Waals surface area contributed by atoms with Crippen molar-refractivity contribution in [3.63, 3.8) is 0 Å². The minimum Gasteiger partial charge on any atom is -0.441 e. The molecule has 0 saturated carbocycles. The second-order valence-electron chi connectivity index (χ2n) is 22.7. The van der Waals surface area contributed by atoms with Crippen LogP contribution in [-0.2, 0) is 47.7 Å². The van der Waals surface area contributed by atoms with Crippen LogP contribution in [0.15, 0.2) is 27.9 Å². The number of hydrogen-bond donors (Lipinski definition) is 22. The summed E-state index contributed by atoms with van der Waals surface area (Å²) in [6.45, 7) is 3.29. The second-order valence-corrected chi connectivity index (χ2v) is 24.7. The van der Waals surface area contributed by atoms with Gasteiger partial charge in [-0.05, 0) is 27.2 Å². The Hall–Kier alpha value is -7.99. The number of nitrogens with one attached hydrogen (secondary N) is 7. The summed E-state index contributed by atoms with van der Waals surface area (Å²) in [6.07, 6.45) is -24.6. The van der Waals surface area contributed by atoms with E-state index >= 15 is 4.79 Å². The molecule has 538 valence electrons. The summed E-state index contributed by atoms with van der Waals surface area (Å²) >= 11 is 2.67. The van der Waals surface area contributed by atoms with Gasteiger partial charge in [-0.15, -0.1) is 23.1 Å². The molecule has 6 rings (SSSR count). The number of carbonyl (C=O) groups is 8. The highest BCUT2D eigenvalue weighted by molar-refractivity contribution is 8.14. The number of carbonyl (C=O) groups excluding carboxylic acids is 8. The van der Waals surface area contributed by atoms with Crippen LogP contribution in [0.25, 0.3) is 0 Å². The summed E-state index contributed by atoms with van der Waals surface area (Å²) in [4.78, 5) is 135. The molecule has 6 heterocycles. The van der Waals surface area contributed by atoms with Gasteiger partial charge in [0.2, 0.25) is 29.5 Å². The highest BCUT2D eigenvalue weighted by Crippen LogP contribution is 2.36. The minimum absolute atomic E-state index is 0.00345. The fraction of sp³-hybridized carbons (Fsp3) is 0.630. The molecule has 0 bridgehead atoms. The fourth-order valence-corrected chi connectivity index (χ4v) is 11.9. The van der Waals surface area contributed by atoms with Gasteiger partial charge in [0, 0.05) is 55.7 Å². The number of aliphatic hydroxyl groups is 8. The van der Waals surface area contributed by atoms with Gasteiger partial charge in [-0.25, -0.2) is 24.7 Å². The maximum atomic E-state index is 15.2. The number of ether oxygens (including phenoxy) is 5. The number of imidazole rings is 1. The van der Waals surface area contributed by atoms with Crippen molar-refractivity contribution in [3.8, 4) is 0 Å². The average Bonchev–Trinajstić information content (AvgIpc) is 1.09. The lowest BCUT2D eigenvalue weighted by Gasteiger charge is -2.47. The first kappa shape index (κ1) is 78.0. The van der Waals surface area contributed by atoms with Crippen molar-refractivity contribution >= 4 is 87.4 Å². The van der Waals surface area contributed by atoms with Crippen LogP contribution in [0.5, 0.6) is 0 Å². The van der Waals surface area contributed by atoms with E-state index in [1.54, 1.807) is 5.38 Å². The molecule has 2 saturated heterocycles. The summed E-state index contributed by atoms with van der Waals surface area (Å²) < 4.78 is 28.7. The molecule has 43 heteroatoms. The van der Waals surface area contributed by atoms with E-state index in [9.17, 15) is 74.4 Å². The lowest BCUT2D eigenvalue weighted by atomic mass is 9.96. The molecular weight excluding hydrogens is 1330 g/mol. The van der Waals surface area contributed by atoms with Crippen LogP contribution in [0, 0.1) is 12.8 Å². The Morgan fingerprint density at radius 2 is 1.51 bits per heavy atom. The predicted molar refractivity (Wildman–Crippen MR) is 338 cm³/mol. The molecule has 41 nitrogen and oxygen atoms in total. The standard InChI is InChI=1S/C54H84N20O21S2/c1-18-31(71-44(74-42(18)57)23(10-29(56)78)66-11-22(55)43(58)84)48(88)73-33(39(24-12-62-17-67-24)93-52-41(37(82)35(80)27(13-75)92-52)94-51-38(83)40(95-54(61)90)36(81)28(14-76)91-51)49(89)68-20(3)34(79)19(2)45(85)72-32(21(4)77)47(87)64-9-6-30-69-26(16-96-30)50-70-25(15-97-50)46(86)63-7-5-8-65-53(59)60/h12,15,17,19-23,26-28,32-41,51-52,66,75-77,79-83H,5-11,13-14,16,55H2,1-4H3,(H2,56,78)(H2,58,84)(H2,61,90)(H,62,67)(H,63,86)(H,64,87)(H,68,89)(H,72,85)(H,73,88)(H2,57,71,74)(H4,59,60,65)/t19-,20+,21+,22-,23+,26?,27-,28+,32-,33-,34-,35+,36+,37-,38-,39-,40-,41-,51+,52-/m0/s1. The summed E-state index contributed by atoms with van der Waals surface area (Å²) in [5, 5.41) is 106. The van der Waals surface area contributed by atoms with Crippen molar-refractivity contribution in [2.45, 2.75) is 163 Å². The zero-order valence-electron chi connectivity index (χ0n) is 52.8. The van der Waals surface area contributed by atoms with Crippen LogP contribution < -0.4 is 72.0 Å². The van der Waals surface area contributed by atoms with Gasteiger partial charge in [0.25, 0.3) is 11.8 Å². The van der Waals surface area contributed by atoms with Crippen molar-refractivity contribution in [2.24, 2.45) is 50.3 Å². The van der Waals surface area contributed by atoms with E-state index in [2.05, 4.69) is 61.8 Å². The number of guanidine groups is 1. The van der Waals surface area contributed by atoms with Gasteiger partial charge >= 0.3 is 6.09 Å². The molecule has 0 aromatic carbocycles. The van der Waals surface area contributed by atoms with Crippen molar-refractivity contribution in [3.05, 3.63) is 51.4 Å². The quantitative estimate of drug-likeness (QED) is 0.0148. The van der Waals surface area contributed by atoms with Crippen molar-refractivity contribution in [1.29, 1.82) is 0 Å². The summed E-state index contributed by atoms with van der Waals surface area (Å²) in [5.74, 6) is -8.35. The van der Waals surface area contributed by atoms with Gasteiger partial charge < -0.3 is 142 Å². The van der Waals surface area contributed by atoms with E-state index in [-0.39, 0.29) is 66.0 Å². The van der Waals surface area contributed by atoms with Crippen LogP contribution in [-0.4, -0.2) is 267 Å². The normalized spacial score (nSPS) is 25.2. The van der Waals surface area contributed by atoms with Crippen LogP contribution >= 0.6 is 23.1 Å². The number of aliphatic imine (C=N–C) groups is 2. The molecule has 8 amide bonds. The van der Waals surface area contributed by atoms with E-state index in [1.165, 1.54) is 50.8 Å². The molecule has 1 unspecified atom stereocenters. The molecule has 3 aromatic heterocycles. The molecule has 2 fully saturated rings. The zero-order chi connectivity index (χ0) is 71.7. The molecule has 0 radical (unpaired) electrons. The van der Waals surface area contributed by atoms with Crippen LogP contribution in [0.3, 0.4) is 0 Å². The minimum atomic E-state index is -2.20. The molecule has 3 aromatic rings. The largest absolute Gasteiger partial charge is 0.441 e. The van der Waals surface area contributed by atoms with Gasteiger partial charge in [-0.2, -0.15) is 0 Å². The highest BCUT2D eigenvalue weighted by atomic mass is 32.2. The second kappa shape index (κ2) is 36.0. The first-order valence-corrected chi connectivity index (χ1v) is 32.0. The number of rotatable bonds is 35. The molecule has 20 atom stereocenters. The van der Waals surface area contributed by atoms with E-state index in [1.807, 2.05) is 0 Å². The van der Waals surface area contributed by atoms with Crippen molar-refractivity contribution in [2.75, 3.05) is 50.9 Å². The van der Waals surface area contributed by atoms with Gasteiger partial charge in [0.05, 0.1) is 72.7 Å². The molecule has 3 aliphatic rings. The Balaban J connectivity index is 1.25. The first-order valence-electron chi connectivity index (χ1n) is 30.1. The average molecular weight is 1410 g/mol. The van der Waals surface area contributed by atoms with Gasteiger partial charge in [-0.1, -0.05) is 6.92 Å². The number of aliphatic hydroxyl groups excluding tert-OH is 8. The Bertz CT molecular complexity index is 3260. The number of primary amides is 3. The van der Waals surface area contributed by atoms with Crippen LogP contribution in [0.4, 0.5) is 10.6 Å². The number of aromatic amines is 1. The smallest absolute Gasteiger partial charge is 0.404 e. The van der Waals surface area contributed by atoms with E-state index in [4.69, 9.17) is 68.8 Å². The number of H-pyrrole nitrogens is 1. The SMILES string of the molecule is Cc1c(N)nc([C@@H](CC(N)=O)NC[C@H](N)C(N)=O)nc1C(=O)N[C@H](C(=O)N[C@H](C)[C@@H](O)[C@H](C)C(=O)N[C@H](C(=O)NCCC1=NC(c2nc(C(=O)NCCCN=C(N)N)cs2)CS1)[C@@H](C)O)[C@@H](O[C@@H]1O[C@@H](CO)[C@@H](O)[C@H](O)[C@@H]1O[C@H]1O[C@H](CO)[C@@H](O)[C@H](OC(N)=O)[C@@H]1O)c1cnc[nH]1. The first-order chi connectivity index (χ1) is 45.8. The summed E-state index contributed by atoms with van der Waals surface area (Å²) in [6, 6.07) is -8.24. The summed E-state index contributed by atoms with van der Waals surface area (Å²) in [7, 11) is 0. The lowest BCUT2D eigenvalue weighted by Crippen LogP contribution is -2.65. The summed E-state index contributed by atoms with van der Waals surface area (Å²) in [5.41, 5.74) is 38.2. The number of amides is 8. The number of nitrogen functional groups attached to an aromatic ring is 1. The topological polar surface area (TPSA) is 691 Å². The Labute approximate surface area is 560 Å². The molecule has 29 N–H and O–H groups in total. The van der Waals surface area contributed by atoms with Gasteiger partial charge in [0.15, 0.2) is 24.6 Å². The number of nitrogens with zero attached hydrogens (tertiary/aromatic N) is 6. The Kier molecular flexibility index (Phi) is 29.0. The third-order valence-electron chi connectivity index (χ3n) is 15.4. The fourth-order valence-electron chi connectivity index (χ4n) is 9.94. The van der Waals surface area contributed by atoms with Crippen LogP contribution in [0.2, 0.25) is 0 Å². The maximum Gasteiger partial charge on any atom is 0.404 e. The van der Waals surface area contributed by atoms with E-state index in [0.717, 1.165) is 12.5 Å². The number of nitrogens with two attached hydrogens (primary N) is 7. The van der Waals surface area contributed by atoms with E-state index in [0.29, 0.717) is 35.3 Å².